The molecule has 2 heterocycles. The van der Waals surface area contributed by atoms with Gasteiger partial charge in [0.25, 0.3) is 11.8 Å². The molecule has 1 N–H and O–H groups in total. The summed E-state index contributed by atoms with van der Waals surface area (Å²) >= 11 is 0. The summed E-state index contributed by atoms with van der Waals surface area (Å²) < 4.78 is 27.8. The van der Waals surface area contributed by atoms with Crippen molar-refractivity contribution in [3.8, 4) is 23.0 Å². The lowest BCUT2D eigenvalue weighted by Gasteiger charge is -2.40. The van der Waals surface area contributed by atoms with Crippen molar-refractivity contribution in [3.05, 3.63) is 202 Å². The van der Waals surface area contributed by atoms with Gasteiger partial charge in [-0.05, 0) is 169 Å². The number of carbonyl (C=O) groups excluding carboxylic acids is 3. The van der Waals surface area contributed by atoms with Crippen LogP contribution in [-0.2, 0) is 17.8 Å². The van der Waals surface area contributed by atoms with Crippen LogP contribution in [0.3, 0.4) is 0 Å². The summed E-state index contributed by atoms with van der Waals surface area (Å²) in [4.78, 5) is 60.0. The summed E-state index contributed by atoms with van der Waals surface area (Å²) in [5.74, 6) is 1.49. The smallest absolute Gasteiger partial charge is 0.337 e. The topological polar surface area (TPSA) is 148 Å². The zero-order valence-electron chi connectivity index (χ0n) is 47.1. The molecule has 8 aromatic rings. The van der Waals surface area contributed by atoms with E-state index in [0.717, 1.165) is 107 Å². The number of aryl methyl sites for hydroxylation is 2. The highest BCUT2D eigenvalue weighted by molar-refractivity contribution is 6.00. The van der Waals surface area contributed by atoms with Crippen LogP contribution in [0.4, 0.5) is 11.4 Å². The number of benzene rings is 8. The Labute approximate surface area is 474 Å². The van der Waals surface area contributed by atoms with Crippen LogP contribution in [0.5, 0.6) is 23.0 Å². The van der Waals surface area contributed by atoms with Gasteiger partial charge in [-0.15, -0.1) is 0 Å². The third-order valence-electron chi connectivity index (χ3n) is 15.6. The number of ether oxygens (including phenoxy) is 5. The summed E-state index contributed by atoms with van der Waals surface area (Å²) in [5.41, 5.74) is 7.89. The van der Waals surface area contributed by atoms with Gasteiger partial charge in [-0.25, -0.2) is 9.59 Å². The van der Waals surface area contributed by atoms with Crippen LogP contribution >= 0.6 is 0 Å². The van der Waals surface area contributed by atoms with E-state index in [1.807, 2.05) is 151 Å². The molecule has 2 amide bonds. The van der Waals surface area contributed by atoms with Gasteiger partial charge in [-0.2, -0.15) is 0 Å². The number of fused-ring (bicyclic) bond motifs is 2. The Hall–Kier alpha value is -9.04. The summed E-state index contributed by atoms with van der Waals surface area (Å²) in [6.07, 6.45) is 3.15. The van der Waals surface area contributed by atoms with Gasteiger partial charge in [0.1, 0.15) is 23.0 Å². The normalized spacial score (nSPS) is 13.7. The van der Waals surface area contributed by atoms with E-state index in [9.17, 15) is 24.3 Å². The fourth-order valence-electron chi connectivity index (χ4n) is 11.2. The van der Waals surface area contributed by atoms with Crippen molar-refractivity contribution in [1.82, 2.24) is 9.80 Å². The van der Waals surface area contributed by atoms with Crippen molar-refractivity contribution < 1.29 is 48.0 Å². The third kappa shape index (κ3) is 13.0. The average Bonchev–Trinajstić information content (AvgIpc) is 3.54. The number of carboxylic acids is 1. The van der Waals surface area contributed by atoms with E-state index < -0.39 is 5.97 Å². The molecular formula is C67H70N4O10. The van der Waals surface area contributed by atoms with Gasteiger partial charge in [-0.1, -0.05) is 60.7 Å². The number of anilines is 2. The van der Waals surface area contributed by atoms with Crippen molar-refractivity contribution in [3.63, 3.8) is 0 Å². The number of amides is 2. The number of carboxylic acid groups (broad SMARTS) is 1. The lowest BCUT2D eigenvalue weighted by Crippen LogP contribution is -2.47. The SMILES string of the molecule is COC(=O)c1ccc(N2CCC(N(Cc3c(OC)cc(C)cc3OC)C(=O)c3ccc4ccccc4c3)CC2)cc1.COc1cc(C)cc(OC)c1CN(C(=O)c1ccc2ccccc2c1)C1CCN(c2ccc(C(=O)O)cc2)CC1. The molecule has 0 spiro atoms. The number of aromatic carboxylic acids is 1. The molecule has 0 aromatic heterocycles. The molecule has 14 nitrogen and oxygen atoms in total. The molecule has 2 fully saturated rings. The summed E-state index contributed by atoms with van der Waals surface area (Å²) in [5, 5.41) is 13.5. The van der Waals surface area contributed by atoms with Gasteiger partial charge >= 0.3 is 11.9 Å². The van der Waals surface area contributed by atoms with E-state index in [1.165, 1.54) is 7.11 Å². The van der Waals surface area contributed by atoms with Crippen molar-refractivity contribution in [2.75, 3.05) is 71.5 Å². The Kier molecular flexibility index (Phi) is 18.1. The maximum atomic E-state index is 14.2. The van der Waals surface area contributed by atoms with Crippen molar-refractivity contribution in [2.45, 2.75) is 64.7 Å². The number of hydrogen-bond donors (Lipinski definition) is 1. The highest BCUT2D eigenvalue weighted by Crippen LogP contribution is 2.37. The fraction of sp³-hybridized carbons (Fsp3) is 0.284. The van der Waals surface area contributed by atoms with Crippen LogP contribution in [0, 0.1) is 13.8 Å². The fourth-order valence-corrected chi connectivity index (χ4v) is 11.2. The zero-order chi connectivity index (χ0) is 57.2. The molecule has 0 atom stereocenters. The van der Waals surface area contributed by atoms with Gasteiger partial charge in [0, 0.05) is 60.8 Å². The maximum absolute atomic E-state index is 14.2. The number of rotatable bonds is 16. The molecule has 10 rings (SSSR count). The Bertz CT molecular complexity index is 3480. The van der Waals surface area contributed by atoms with Crippen molar-refractivity contribution in [2.24, 2.45) is 0 Å². The van der Waals surface area contributed by atoms with Gasteiger partial charge in [0.05, 0.1) is 70.9 Å². The Balaban J connectivity index is 0.000000196. The van der Waals surface area contributed by atoms with Gasteiger partial charge in [-0.3, -0.25) is 9.59 Å². The minimum Gasteiger partial charge on any atom is -0.496 e. The Morgan fingerprint density at radius 1 is 0.444 bits per heavy atom. The third-order valence-corrected chi connectivity index (χ3v) is 15.6. The highest BCUT2D eigenvalue weighted by Gasteiger charge is 2.33. The number of methoxy groups -OCH3 is 5. The molecular weight excluding hydrogens is 1020 g/mol. The van der Waals surface area contributed by atoms with Crippen LogP contribution < -0.4 is 28.7 Å². The van der Waals surface area contributed by atoms with E-state index >= 15 is 0 Å². The summed E-state index contributed by atoms with van der Waals surface area (Å²) in [6, 6.07) is 50.3. The molecule has 418 valence electrons. The number of esters is 1. The van der Waals surface area contributed by atoms with Gasteiger partial charge < -0.3 is 48.4 Å². The van der Waals surface area contributed by atoms with E-state index in [4.69, 9.17) is 23.7 Å². The minimum atomic E-state index is -0.935. The highest BCUT2D eigenvalue weighted by atomic mass is 16.5. The summed E-state index contributed by atoms with van der Waals surface area (Å²) in [6.45, 7) is 7.79. The first kappa shape index (κ1) is 56.7. The Morgan fingerprint density at radius 3 is 1.11 bits per heavy atom. The molecule has 0 saturated carbocycles. The van der Waals surface area contributed by atoms with E-state index in [1.54, 1.807) is 52.7 Å². The largest absolute Gasteiger partial charge is 0.496 e. The van der Waals surface area contributed by atoms with Crippen LogP contribution in [0.1, 0.15) is 89.4 Å². The second-order valence-corrected chi connectivity index (χ2v) is 20.6. The molecule has 81 heavy (non-hydrogen) atoms. The Morgan fingerprint density at radius 2 is 0.778 bits per heavy atom. The van der Waals surface area contributed by atoms with E-state index in [-0.39, 0.29) is 35.4 Å². The van der Waals surface area contributed by atoms with Crippen molar-refractivity contribution >= 4 is 56.7 Å². The molecule has 0 bridgehead atoms. The maximum Gasteiger partial charge on any atom is 0.337 e. The average molecular weight is 1090 g/mol. The predicted molar refractivity (Wildman–Crippen MR) is 318 cm³/mol. The molecule has 2 saturated heterocycles. The number of hydrogen-bond acceptors (Lipinski definition) is 11. The van der Waals surface area contributed by atoms with Crippen LogP contribution in [0.15, 0.2) is 158 Å². The van der Waals surface area contributed by atoms with Crippen LogP contribution in [-0.4, -0.2) is 112 Å². The minimum absolute atomic E-state index is 0.00392. The second-order valence-electron chi connectivity index (χ2n) is 20.6. The first-order valence-electron chi connectivity index (χ1n) is 27.3. The quantitative estimate of drug-likeness (QED) is 0.0918. The molecule has 8 aromatic carbocycles. The first-order chi connectivity index (χ1) is 39.3. The molecule has 2 aliphatic rings. The summed E-state index contributed by atoms with van der Waals surface area (Å²) in [7, 11) is 7.96. The number of nitrogens with zero attached hydrogens (tertiary/aromatic N) is 4. The molecule has 0 radical (unpaired) electrons. The monoisotopic (exact) mass is 1090 g/mol. The molecule has 0 unspecified atom stereocenters. The van der Waals surface area contributed by atoms with Gasteiger partial charge in [0.2, 0.25) is 0 Å². The van der Waals surface area contributed by atoms with Crippen LogP contribution in [0.2, 0.25) is 0 Å². The standard InChI is InChI=1S/C34H36N2O5.C33H34N2O5/c1-23-19-31(39-2)30(32(20-23)40-3)22-36(33(37)27-10-9-24-7-5-6-8-26(24)21-27)29-15-17-35(18-16-29)28-13-11-25(12-14-28)34(38)41-4;1-22-18-30(39-2)29(31(19-22)40-3)21-35(32(36)26-9-8-23-6-4-5-7-25(23)20-26)28-14-16-34(17-15-28)27-12-10-24(11-13-27)33(37)38/h5-14,19-21,29H,15-18,22H2,1-4H3;4-13,18-20,28H,14-17,21H2,1-3H3,(H,37,38). The second kappa shape index (κ2) is 25.8. The molecule has 2 aliphatic heterocycles. The molecule has 14 heteroatoms. The number of carbonyl (C=O) groups is 4. The van der Waals surface area contributed by atoms with Crippen molar-refractivity contribution in [1.29, 1.82) is 0 Å². The molecule has 0 aliphatic carbocycles. The predicted octanol–water partition coefficient (Wildman–Crippen LogP) is 12.4. The van der Waals surface area contributed by atoms with Crippen LogP contribution in [0.25, 0.3) is 21.5 Å². The van der Waals surface area contributed by atoms with Gasteiger partial charge in [0.15, 0.2) is 0 Å². The lowest BCUT2D eigenvalue weighted by atomic mass is 9.98. The van der Waals surface area contributed by atoms with E-state index in [0.29, 0.717) is 52.8 Å². The number of piperidine rings is 2. The zero-order valence-corrected chi connectivity index (χ0v) is 47.1. The first-order valence-corrected chi connectivity index (χ1v) is 27.3. The lowest BCUT2D eigenvalue weighted by molar-refractivity contribution is 0.0597. The van der Waals surface area contributed by atoms with E-state index in [2.05, 4.69) is 15.9 Å².